The standard InChI is InChI=1S/C10H16N4OS.HI/c1-14-4-3-11-10(14)12-5-8-7-16-9(13-8)6-15-2;/h7H,3-6H2,1-2H3,(H,11,12);1H. The van der Waals surface area contributed by atoms with Gasteiger partial charge in [0.05, 0.1) is 25.4 Å². The molecule has 1 N–H and O–H groups in total. The van der Waals surface area contributed by atoms with Crippen molar-refractivity contribution < 1.29 is 4.74 Å². The van der Waals surface area contributed by atoms with Crippen molar-refractivity contribution in [2.24, 2.45) is 4.99 Å². The molecule has 0 amide bonds. The number of halogens is 1. The minimum absolute atomic E-state index is 0. The fourth-order valence-electron chi connectivity index (χ4n) is 1.51. The lowest BCUT2D eigenvalue weighted by Crippen LogP contribution is -2.35. The molecule has 0 saturated carbocycles. The zero-order chi connectivity index (χ0) is 11.4. The first-order valence-corrected chi connectivity index (χ1v) is 6.09. The number of guanidine groups is 1. The van der Waals surface area contributed by atoms with Crippen LogP contribution in [-0.4, -0.2) is 43.1 Å². The smallest absolute Gasteiger partial charge is 0.194 e. The quantitative estimate of drug-likeness (QED) is 0.815. The largest absolute Gasteiger partial charge is 0.378 e. The lowest BCUT2D eigenvalue weighted by atomic mass is 10.5. The van der Waals surface area contributed by atoms with Crippen molar-refractivity contribution in [2.45, 2.75) is 13.2 Å². The maximum atomic E-state index is 5.03. The summed E-state index contributed by atoms with van der Waals surface area (Å²) in [6, 6.07) is 0. The van der Waals surface area contributed by atoms with Crippen molar-refractivity contribution in [3.8, 4) is 0 Å². The maximum absolute atomic E-state index is 5.03. The lowest BCUT2D eigenvalue weighted by molar-refractivity contribution is 0.184. The van der Waals surface area contributed by atoms with E-state index in [4.69, 9.17) is 4.74 Å². The van der Waals surface area contributed by atoms with Crippen LogP contribution in [0.1, 0.15) is 10.7 Å². The number of nitrogens with one attached hydrogen (secondary N) is 1. The van der Waals surface area contributed by atoms with Crippen LogP contribution in [0, 0.1) is 0 Å². The summed E-state index contributed by atoms with van der Waals surface area (Å²) in [4.78, 5) is 10.9. The molecule has 0 radical (unpaired) electrons. The molecule has 1 aromatic rings. The molecule has 96 valence electrons. The van der Waals surface area contributed by atoms with Crippen molar-refractivity contribution >= 4 is 41.3 Å². The molecule has 17 heavy (non-hydrogen) atoms. The van der Waals surface area contributed by atoms with E-state index < -0.39 is 0 Å². The number of nitrogens with zero attached hydrogens (tertiary/aromatic N) is 3. The van der Waals surface area contributed by atoms with E-state index in [1.807, 2.05) is 7.05 Å². The van der Waals surface area contributed by atoms with E-state index in [2.05, 4.69) is 25.6 Å². The average molecular weight is 368 g/mol. The second-order valence-electron chi connectivity index (χ2n) is 3.65. The van der Waals surface area contributed by atoms with Crippen LogP contribution < -0.4 is 5.32 Å². The van der Waals surface area contributed by atoms with E-state index in [0.717, 1.165) is 36.3 Å². The van der Waals surface area contributed by atoms with Crippen LogP contribution in [0.25, 0.3) is 0 Å². The van der Waals surface area contributed by atoms with Gasteiger partial charge in [-0.3, -0.25) is 4.99 Å². The second-order valence-corrected chi connectivity index (χ2v) is 4.59. The molecule has 0 unspecified atom stereocenters. The van der Waals surface area contributed by atoms with Crippen LogP contribution in [0.5, 0.6) is 0 Å². The van der Waals surface area contributed by atoms with E-state index in [9.17, 15) is 0 Å². The van der Waals surface area contributed by atoms with Crippen LogP contribution >= 0.6 is 35.3 Å². The van der Waals surface area contributed by atoms with Gasteiger partial charge >= 0.3 is 0 Å². The monoisotopic (exact) mass is 368 g/mol. The highest BCUT2D eigenvalue weighted by Gasteiger charge is 2.11. The molecular weight excluding hydrogens is 351 g/mol. The predicted molar refractivity (Wildman–Crippen MR) is 80.0 cm³/mol. The fraction of sp³-hybridized carbons (Fsp3) is 0.600. The van der Waals surface area contributed by atoms with Gasteiger partial charge in [-0.1, -0.05) is 0 Å². The Balaban J connectivity index is 0.00000144. The van der Waals surface area contributed by atoms with Crippen molar-refractivity contribution in [2.75, 3.05) is 27.2 Å². The number of hydrogen-bond donors (Lipinski definition) is 1. The van der Waals surface area contributed by atoms with Gasteiger partial charge in [0.2, 0.25) is 0 Å². The molecule has 0 spiro atoms. The number of methoxy groups -OCH3 is 1. The highest BCUT2D eigenvalue weighted by atomic mass is 127. The van der Waals surface area contributed by atoms with Gasteiger partial charge in [0, 0.05) is 26.1 Å². The van der Waals surface area contributed by atoms with Gasteiger partial charge in [-0.15, -0.1) is 35.3 Å². The maximum Gasteiger partial charge on any atom is 0.194 e. The number of likely N-dealkylation sites (N-methyl/N-ethyl adjacent to an activating group) is 1. The topological polar surface area (TPSA) is 49.8 Å². The van der Waals surface area contributed by atoms with Gasteiger partial charge in [-0.2, -0.15) is 0 Å². The molecule has 0 aromatic carbocycles. The molecule has 0 saturated heterocycles. The molecule has 2 heterocycles. The zero-order valence-electron chi connectivity index (χ0n) is 9.97. The van der Waals surface area contributed by atoms with Crippen LogP contribution in [-0.2, 0) is 17.9 Å². The van der Waals surface area contributed by atoms with Crippen LogP contribution in [0.4, 0.5) is 0 Å². The van der Waals surface area contributed by atoms with Crippen molar-refractivity contribution in [3.05, 3.63) is 16.1 Å². The van der Waals surface area contributed by atoms with E-state index in [-0.39, 0.29) is 24.0 Å². The first-order valence-electron chi connectivity index (χ1n) is 5.21. The molecule has 1 aromatic heterocycles. The number of hydrogen-bond acceptors (Lipinski definition) is 6. The Morgan fingerprint density at radius 1 is 1.59 bits per heavy atom. The Morgan fingerprint density at radius 2 is 2.41 bits per heavy atom. The van der Waals surface area contributed by atoms with Gasteiger partial charge in [0.15, 0.2) is 5.96 Å². The minimum atomic E-state index is 0. The Labute approximate surface area is 122 Å². The Kier molecular flexibility index (Phi) is 6.14. The highest BCUT2D eigenvalue weighted by Crippen LogP contribution is 2.10. The fourth-order valence-corrected chi connectivity index (χ4v) is 2.28. The van der Waals surface area contributed by atoms with Crippen LogP contribution in [0.3, 0.4) is 0 Å². The molecule has 7 heteroatoms. The summed E-state index contributed by atoms with van der Waals surface area (Å²) in [5.41, 5.74) is 1.04. The summed E-state index contributed by atoms with van der Waals surface area (Å²) in [6.07, 6.45) is 0. The van der Waals surface area contributed by atoms with Gasteiger partial charge < -0.3 is 15.0 Å². The molecule has 1 aliphatic rings. The van der Waals surface area contributed by atoms with Gasteiger partial charge in [-0.05, 0) is 0 Å². The summed E-state index contributed by atoms with van der Waals surface area (Å²) in [5.74, 6) is 0.960. The molecule has 0 atom stereocenters. The Morgan fingerprint density at radius 3 is 3.06 bits per heavy atom. The van der Waals surface area contributed by atoms with Crippen molar-refractivity contribution in [1.82, 2.24) is 15.2 Å². The molecule has 1 aliphatic heterocycles. The number of aliphatic imine (C=N–C) groups is 1. The van der Waals surface area contributed by atoms with Gasteiger partial charge in [-0.25, -0.2) is 4.98 Å². The van der Waals surface area contributed by atoms with E-state index >= 15 is 0 Å². The predicted octanol–water partition coefficient (Wildman–Crippen LogP) is 1.30. The Bertz CT molecular complexity index is 382. The van der Waals surface area contributed by atoms with E-state index in [1.54, 1.807) is 18.4 Å². The van der Waals surface area contributed by atoms with E-state index in [1.165, 1.54) is 0 Å². The summed E-state index contributed by atoms with van der Waals surface area (Å²) in [7, 11) is 3.72. The first-order chi connectivity index (χ1) is 7.79. The molecule has 0 aliphatic carbocycles. The van der Waals surface area contributed by atoms with E-state index in [0.29, 0.717) is 6.61 Å². The third-order valence-electron chi connectivity index (χ3n) is 2.35. The van der Waals surface area contributed by atoms with Crippen LogP contribution in [0.15, 0.2) is 10.4 Å². The number of ether oxygens (including phenoxy) is 1. The summed E-state index contributed by atoms with van der Waals surface area (Å²) < 4.78 is 5.03. The third kappa shape index (κ3) is 4.07. The summed E-state index contributed by atoms with van der Waals surface area (Å²) >= 11 is 1.63. The summed E-state index contributed by atoms with van der Waals surface area (Å²) in [6.45, 7) is 3.19. The number of rotatable bonds is 4. The van der Waals surface area contributed by atoms with Crippen molar-refractivity contribution in [1.29, 1.82) is 0 Å². The zero-order valence-corrected chi connectivity index (χ0v) is 13.1. The molecule has 5 nitrogen and oxygen atoms in total. The van der Waals surface area contributed by atoms with Crippen molar-refractivity contribution in [3.63, 3.8) is 0 Å². The summed E-state index contributed by atoms with van der Waals surface area (Å²) in [5, 5.41) is 6.35. The lowest BCUT2D eigenvalue weighted by Gasteiger charge is -2.14. The average Bonchev–Trinajstić information content (AvgIpc) is 2.86. The first kappa shape index (κ1) is 14.7. The second kappa shape index (κ2) is 7.12. The molecule has 2 rings (SSSR count). The van der Waals surface area contributed by atoms with Gasteiger partial charge in [0.1, 0.15) is 5.01 Å². The molecule has 0 fully saturated rings. The molecular formula is C10H17IN4OS. The minimum Gasteiger partial charge on any atom is -0.378 e. The normalized spacial score (nSPS) is 14.5. The van der Waals surface area contributed by atoms with Gasteiger partial charge in [0.25, 0.3) is 0 Å². The number of thiazole rings is 1. The third-order valence-corrected chi connectivity index (χ3v) is 3.22. The SMILES string of the molecule is COCc1nc(CNC2=NCCN2C)cs1.I. The Hall–Kier alpha value is -0.410. The number of aromatic nitrogens is 1. The highest BCUT2D eigenvalue weighted by molar-refractivity contribution is 14.0. The molecule has 0 bridgehead atoms. The van der Waals surface area contributed by atoms with Crippen LogP contribution in [0.2, 0.25) is 0 Å².